The van der Waals surface area contributed by atoms with Crippen LogP contribution >= 0.6 is 0 Å². The number of hydrogen-bond donors (Lipinski definition) is 0. The number of esters is 1. The first-order valence-corrected chi connectivity index (χ1v) is 3.98. The second kappa shape index (κ2) is 7.80. The van der Waals surface area contributed by atoms with E-state index < -0.39 is 0 Å². The Morgan fingerprint density at radius 2 is 2.33 bits per heavy atom. The average molecular weight is 167 g/mol. The number of nitrogens with zero attached hydrogens (tertiary/aromatic N) is 1. The van der Waals surface area contributed by atoms with Crippen molar-refractivity contribution >= 4 is 5.97 Å². The fraction of sp³-hybridized carbons (Fsp3) is 0.556. The van der Waals surface area contributed by atoms with Gasteiger partial charge in [-0.3, -0.25) is 4.79 Å². The normalized spacial score (nSPS) is 9.67. The van der Waals surface area contributed by atoms with Crippen molar-refractivity contribution in [1.82, 2.24) is 0 Å². The summed E-state index contributed by atoms with van der Waals surface area (Å²) in [5.74, 6) is -0.181. The van der Waals surface area contributed by atoms with Gasteiger partial charge in [-0.05, 0) is 6.42 Å². The van der Waals surface area contributed by atoms with E-state index in [0.717, 1.165) is 6.42 Å². The highest BCUT2D eigenvalue weighted by atomic mass is 16.5. The maximum atomic E-state index is 10.8. The third kappa shape index (κ3) is 6.81. The molecule has 3 heteroatoms. The smallest absolute Gasteiger partial charge is 0.306 e. The lowest BCUT2D eigenvalue weighted by atomic mass is 10.3. The predicted octanol–water partition coefficient (Wildman–Crippen LogP) is 1.80. The largest absolute Gasteiger partial charge is 0.461 e. The fourth-order valence-electron chi connectivity index (χ4n) is 0.621. The number of carbonyl (C=O) groups is 1. The van der Waals surface area contributed by atoms with E-state index in [9.17, 15) is 4.79 Å². The third-order valence-corrected chi connectivity index (χ3v) is 1.17. The summed E-state index contributed by atoms with van der Waals surface area (Å²) in [4.78, 5) is 10.8. The van der Waals surface area contributed by atoms with E-state index in [1.807, 2.05) is 13.0 Å². The molecule has 0 aliphatic rings. The predicted molar refractivity (Wildman–Crippen MR) is 45.2 cm³/mol. The zero-order valence-corrected chi connectivity index (χ0v) is 7.25. The molecule has 0 aromatic rings. The molecule has 0 aromatic heterocycles. The van der Waals surface area contributed by atoms with Crippen LogP contribution in [-0.2, 0) is 9.53 Å². The van der Waals surface area contributed by atoms with Gasteiger partial charge in [-0.1, -0.05) is 19.1 Å². The van der Waals surface area contributed by atoms with Crippen LogP contribution in [0.4, 0.5) is 0 Å². The summed E-state index contributed by atoms with van der Waals surface area (Å²) in [5, 5.41) is 8.15. The Hall–Kier alpha value is -1.30. The summed E-state index contributed by atoms with van der Waals surface area (Å²) >= 11 is 0. The molecule has 0 amide bonds. The van der Waals surface area contributed by atoms with Crippen molar-refractivity contribution in [3.05, 3.63) is 12.2 Å². The molecule has 66 valence electrons. The summed E-state index contributed by atoms with van der Waals surface area (Å²) in [7, 11) is 0. The molecule has 0 rings (SSSR count). The van der Waals surface area contributed by atoms with Crippen molar-refractivity contribution in [3.8, 4) is 6.07 Å². The minimum Gasteiger partial charge on any atom is -0.461 e. The van der Waals surface area contributed by atoms with Crippen LogP contribution in [0.15, 0.2) is 12.2 Å². The molecule has 0 spiro atoms. The molecule has 0 radical (unpaired) electrons. The van der Waals surface area contributed by atoms with Gasteiger partial charge in [0.15, 0.2) is 0 Å². The standard InChI is InChI=1S/C9H13NO2/c1-2-6-9(11)12-8-5-3-4-7-10/h3,5H,2,4,6,8H2,1H3. The molecule has 0 atom stereocenters. The summed E-state index contributed by atoms with van der Waals surface area (Å²) < 4.78 is 4.79. The molecule has 3 nitrogen and oxygen atoms in total. The van der Waals surface area contributed by atoms with Gasteiger partial charge in [-0.25, -0.2) is 0 Å². The highest BCUT2D eigenvalue weighted by Gasteiger charge is 1.96. The summed E-state index contributed by atoms with van der Waals surface area (Å²) in [6.07, 6.45) is 4.99. The fourth-order valence-corrected chi connectivity index (χ4v) is 0.621. The van der Waals surface area contributed by atoms with Crippen molar-refractivity contribution in [1.29, 1.82) is 5.26 Å². The molecule has 12 heavy (non-hydrogen) atoms. The first-order valence-electron chi connectivity index (χ1n) is 3.98. The second-order valence-corrected chi connectivity index (χ2v) is 2.27. The van der Waals surface area contributed by atoms with Gasteiger partial charge < -0.3 is 4.74 Å². The van der Waals surface area contributed by atoms with Gasteiger partial charge in [0.1, 0.15) is 6.61 Å². The zero-order valence-electron chi connectivity index (χ0n) is 7.25. The van der Waals surface area contributed by atoms with Crippen molar-refractivity contribution in [2.75, 3.05) is 6.61 Å². The van der Waals surface area contributed by atoms with Gasteiger partial charge >= 0.3 is 5.97 Å². The lowest BCUT2D eigenvalue weighted by molar-refractivity contribution is -0.142. The van der Waals surface area contributed by atoms with E-state index in [2.05, 4.69) is 0 Å². The van der Waals surface area contributed by atoms with E-state index in [4.69, 9.17) is 10.00 Å². The molecular weight excluding hydrogens is 154 g/mol. The number of carbonyl (C=O) groups excluding carboxylic acids is 1. The highest BCUT2D eigenvalue weighted by molar-refractivity contribution is 5.69. The van der Waals surface area contributed by atoms with Crippen LogP contribution in [0.5, 0.6) is 0 Å². The third-order valence-electron chi connectivity index (χ3n) is 1.17. The van der Waals surface area contributed by atoms with Gasteiger partial charge in [-0.15, -0.1) is 0 Å². The maximum Gasteiger partial charge on any atom is 0.306 e. The molecule has 0 aromatic carbocycles. The molecule has 0 bridgehead atoms. The zero-order chi connectivity index (χ0) is 9.23. The first kappa shape index (κ1) is 10.7. The Morgan fingerprint density at radius 3 is 2.92 bits per heavy atom. The number of hydrogen-bond acceptors (Lipinski definition) is 3. The van der Waals surface area contributed by atoms with E-state index in [1.54, 1.807) is 12.2 Å². The van der Waals surface area contributed by atoms with Crippen LogP contribution < -0.4 is 0 Å². The Kier molecular flexibility index (Phi) is 6.96. The van der Waals surface area contributed by atoms with Gasteiger partial charge in [0.2, 0.25) is 0 Å². The van der Waals surface area contributed by atoms with Gasteiger partial charge in [0.25, 0.3) is 0 Å². The number of rotatable bonds is 5. The minimum absolute atomic E-state index is 0.181. The Morgan fingerprint density at radius 1 is 1.58 bits per heavy atom. The molecule has 0 fully saturated rings. The van der Waals surface area contributed by atoms with E-state index >= 15 is 0 Å². The summed E-state index contributed by atoms with van der Waals surface area (Å²) in [6.45, 7) is 2.20. The number of nitriles is 1. The lowest BCUT2D eigenvalue weighted by Gasteiger charge is -1.97. The van der Waals surface area contributed by atoms with Crippen LogP contribution in [0, 0.1) is 11.3 Å². The van der Waals surface area contributed by atoms with Crippen molar-refractivity contribution < 1.29 is 9.53 Å². The molecule has 0 N–H and O–H groups in total. The molecule has 0 aliphatic heterocycles. The lowest BCUT2D eigenvalue weighted by Crippen LogP contribution is -2.02. The van der Waals surface area contributed by atoms with Gasteiger partial charge in [-0.2, -0.15) is 5.26 Å². The summed E-state index contributed by atoms with van der Waals surface area (Å²) in [6, 6.07) is 1.95. The minimum atomic E-state index is -0.181. The average Bonchev–Trinajstić information content (AvgIpc) is 2.05. The molecule has 0 saturated heterocycles. The van der Waals surface area contributed by atoms with Crippen molar-refractivity contribution in [2.45, 2.75) is 26.2 Å². The molecule has 0 unspecified atom stereocenters. The van der Waals surface area contributed by atoms with Crippen molar-refractivity contribution in [3.63, 3.8) is 0 Å². The van der Waals surface area contributed by atoms with Crippen LogP contribution in [0.1, 0.15) is 26.2 Å². The number of allylic oxidation sites excluding steroid dienone is 1. The van der Waals surface area contributed by atoms with Gasteiger partial charge in [0, 0.05) is 6.42 Å². The Labute approximate surface area is 72.6 Å². The molecule has 0 aliphatic carbocycles. The van der Waals surface area contributed by atoms with Crippen LogP contribution in [0.25, 0.3) is 0 Å². The van der Waals surface area contributed by atoms with E-state index in [0.29, 0.717) is 12.8 Å². The molecular formula is C9H13NO2. The van der Waals surface area contributed by atoms with E-state index in [1.165, 1.54) is 0 Å². The van der Waals surface area contributed by atoms with Crippen LogP contribution in [0.3, 0.4) is 0 Å². The number of ether oxygens (including phenoxy) is 1. The first-order chi connectivity index (χ1) is 5.81. The van der Waals surface area contributed by atoms with E-state index in [-0.39, 0.29) is 12.6 Å². The van der Waals surface area contributed by atoms with Crippen molar-refractivity contribution in [2.24, 2.45) is 0 Å². The van der Waals surface area contributed by atoms with Crippen LogP contribution in [-0.4, -0.2) is 12.6 Å². The SMILES string of the molecule is CCCC(=O)OCC=CCC#N. The molecule has 0 saturated carbocycles. The van der Waals surface area contributed by atoms with Crippen LogP contribution in [0.2, 0.25) is 0 Å². The maximum absolute atomic E-state index is 10.8. The highest BCUT2D eigenvalue weighted by Crippen LogP contribution is 1.91. The topological polar surface area (TPSA) is 50.1 Å². The monoisotopic (exact) mass is 167 g/mol. The Bertz CT molecular complexity index is 191. The quantitative estimate of drug-likeness (QED) is 0.463. The second-order valence-electron chi connectivity index (χ2n) is 2.27. The van der Waals surface area contributed by atoms with Gasteiger partial charge in [0.05, 0.1) is 12.5 Å². The Balaban J connectivity index is 3.31. The molecule has 0 heterocycles. The summed E-state index contributed by atoms with van der Waals surface area (Å²) in [5.41, 5.74) is 0.